The number of halogens is 1. The number of hydrogen-bond donors (Lipinski definition) is 3. The first-order valence-corrected chi connectivity index (χ1v) is 4.72. The molecule has 0 fully saturated rings. The Morgan fingerprint density at radius 2 is 2.38 bits per heavy atom. The Morgan fingerprint density at radius 1 is 1.62 bits per heavy atom. The first-order chi connectivity index (χ1) is 7.63. The normalized spacial score (nSPS) is 10.8. The zero-order valence-electron chi connectivity index (χ0n) is 8.49. The van der Waals surface area contributed by atoms with Crippen LogP contribution in [0, 0.1) is 5.41 Å². The summed E-state index contributed by atoms with van der Waals surface area (Å²) in [6, 6.07) is 1.59. The third-order valence-corrected chi connectivity index (χ3v) is 1.70. The fraction of sp³-hybridized carbons (Fsp3) is 0.111. The van der Waals surface area contributed by atoms with Gasteiger partial charge in [0.1, 0.15) is 23.0 Å². The van der Waals surface area contributed by atoms with Crippen LogP contribution in [-0.2, 0) is 4.79 Å². The zero-order chi connectivity index (χ0) is 12.0. The lowest BCUT2D eigenvalue weighted by Gasteiger charge is -2.07. The number of anilines is 1. The van der Waals surface area contributed by atoms with Crippen LogP contribution in [0.15, 0.2) is 30.4 Å². The van der Waals surface area contributed by atoms with Crippen molar-refractivity contribution in [1.82, 2.24) is 15.3 Å². The van der Waals surface area contributed by atoms with Crippen LogP contribution in [0.25, 0.3) is 0 Å². The van der Waals surface area contributed by atoms with E-state index in [2.05, 4.69) is 20.6 Å². The molecule has 0 aromatic carbocycles. The highest BCUT2D eigenvalue weighted by Gasteiger charge is 2.08. The standard InChI is InChI=1S/C9H10ClN5O/c1-12-9(16)6(4-7(10)11)15-8-2-3-13-5-14-8/h2-5,11H,1H3,(H,12,16)(H,13,14,15)/b6-4+,11-7?. The minimum atomic E-state index is -0.385. The van der Waals surface area contributed by atoms with Gasteiger partial charge < -0.3 is 10.6 Å². The summed E-state index contributed by atoms with van der Waals surface area (Å²) < 4.78 is 0. The van der Waals surface area contributed by atoms with Gasteiger partial charge >= 0.3 is 0 Å². The van der Waals surface area contributed by atoms with Crippen molar-refractivity contribution in [3.05, 3.63) is 30.4 Å². The number of nitrogens with one attached hydrogen (secondary N) is 3. The van der Waals surface area contributed by atoms with E-state index in [0.717, 1.165) is 0 Å². The van der Waals surface area contributed by atoms with Crippen molar-refractivity contribution in [3.8, 4) is 0 Å². The van der Waals surface area contributed by atoms with Crippen molar-refractivity contribution in [2.75, 3.05) is 12.4 Å². The number of carbonyl (C=O) groups is 1. The highest BCUT2D eigenvalue weighted by molar-refractivity contribution is 6.67. The first kappa shape index (κ1) is 12.1. The molecule has 1 heterocycles. The van der Waals surface area contributed by atoms with Crippen molar-refractivity contribution in [2.24, 2.45) is 0 Å². The predicted octanol–water partition coefficient (Wildman–Crippen LogP) is 0.734. The Kier molecular flexibility index (Phi) is 4.41. The molecule has 0 aliphatic rings. The Hall–Kier alpha value is -1.95. The number of nitrogens with zero attached hydrogens (tertiary/aromatic N) is 2. The molecule has 0 spiro atoms. The lowest BCUT2D eigenvalue weighted by molar-refractivity contribution is -0.116. The molecule has 0 radical (unpaired) electrons. The molecule has 0 aliphatic carbocycles. The van der Waals surface area contributed by atoms with Gasteiger partial charge in [0.25, 0.3) is 5.91 Å². The van der Waals surface area contributed by atoms with Crippen LogP contribution < -0.4 is 10.6 Å². The molecule has 0 atom stereocenters. The maximum atomic E-state index is 11.4. The fourth-order valence-corrected chi connectivity index (χ4v) is 1.03. The third-order valence-electron chi connectivity index (χ3n) is 1.59. The second-order valence-electron chi connectivity index (χ2n) is 2.70. The van der Waals surface area contributed by atoms with E-state index in [4.69, 9.17) is 17.0 Å². The lowest BCUT2D eigenvalue weighted by Crippen LogP contribution is -2.25. The van der Waals surface area contributed by atoms with E-state index in [1.54, 1.807) is 6.07 Å². The summed E-state index contributed by atoms with van der Waals surface area (Å²) >= 11 is 5.39. The van der Waals surface area contributed by atoms with Crippen molar-refractivity contribution < 1.29 is 4.79 Å². The van der Waals surface area contributed by atoms with E-state index in [0.29, 0.717) is 5.82 Å². The molecule has 0 bridgehead atoms. The summed E-state index contributed by atoms with van der Waals surface area (Å²) in [5.41, 5.74) is 0.140. The number of allylic oxidation sites excluding steroid dienone is 1. The van der Waals surface area contributed by atoms with Crippen LogP contribution in [0.2, 0.25) is 0 Å². The molecule has 3 N–H and O–H groups in total. The molecule has 1 aromatic rings. The number of hydrogen-bond acceptors (Lipinski definition) is 5. The van der Waals surface area contributed by atoms with Crippen LogP contribution in [-0.4, -0.2) is 28.1 Å². The van der Waals surface area contributed by atoms with Gasteiger partial charge in [-0.15, -0.1) is 0 Å². The largest absolute Gasteiger partial charge is 0.354 e. The molecule has 0 saturated carbocycles. The molecule has 84 valence electrons. The minimum Gasteiger partial charge on any atom is -0.354 e. The minimum absolute atomic E-state index is 0.140. The zero-order valence-corrected chi connectivity index (χ0v) is 9.25. The summed E-state index contributed by atoms with van der Waals surface area (Å²) in [7, 11) is 1.48. The van der Waals surface area contributed by atoms with Gasteiger partial charge in [0, 0.05) is 19.3 Å². The highest BCUT2D eigenvalue weighted by Crippen LogP contribution is 2.05. The molecule has 1 amide bonds. The fourth-order valence-electron chi connectivity index (χ4n) is 0.922. The van der Waals surface area contributed by atoms with E-state index >= 15 is 0 Å². The van der Waals surface area contributed by atoms with Crippen molar-refractivity contribution in [3.63, 3.8) is 0 Å². The van der Waals surface area contributed by atoms with E-state index < -0.39 is 0 Å². The molecule has 1 rings (SSSR count). The molecule has 0 aliphatic heterocycles. The maximum Gasteiger partial charge on any atom is 0.267 e. The Balaban J connectivity index is 2.88. The SMILES string of the molecule is CNC(=O)/C(=C\C(=N)Cl)Nc1ccncn1. The predicted molar refractivity (Wildman–Crippen MR) is 61.4 cm³/mol. The highest BCUT2D eigenvalue weighted by atomic mass is 35.5. The van der Waals surface area contributed by atoms with E-state index in [1.165, 1.54) is 25.6 Å². The van der Waals surface area contributed by atoms with Gasteiger partial charge in [-0.2, -0.15) is 0 Å². The third kappa shape index (κ3) is 3.66. The molecule has 1 aromatic heterocycles. The van der Waals surface area contributed by atoms with Crippen molar-refractivity contribution in [2.45, 2.75) is 0 Å². The van der Waals surface area contributed by atoms with Crippen LogP contribution in [0.4, 0.5) is 5.82 Å². The van der Waals surface area contributed by atoms with Gasteiger partial charge in [-0.25, -0.2) is 9.97 Å². The van der Waals surface area contributed by atoms with Gasteiger partial charge in [0.2, 0.25) is 0 Å². The van der Waals surface area contributed by atoms with E-state index in [1.807, 2.05) is 0 Å². The average Bonchev–Trinajstić information content (AvgIpc) is 2.28. The summed E-state index contributed by atoms with van der Waals surface area (Å²) in [5, 5.41) is 12.0. The van der Waals surface area contributed by atoms with Crippen molar-refractivity contribution in [1.29, 1.82) is 5.41 Å². The molecular weight excluding hydrogens is 230 g/mol. The number of likely N-dealkylation sites (N-methyl/N-ethyl adjacent to an activating group) is 1. The van der Waals surface area contributed by atoms with Gasteiger partial charge in [-0.1, -0.05) is 11.6 Å². The maximum absolute atomic E-state index is 11.4. The van der Waals surface area contributed by atoms with Crippen LogP contribution >= 0.6 is 11.6 Å². The van der Waals surface area contributed by atoms with Crippen LogP contribution in [0.5, 0.6) is 0 Å². The quantitative estimate of drug-likeness (QED) is 0.534. The molecule has 16 heavy (non-hydrogen) atoms. The Morgan fingerprint density at radius 3 is 2.88 bits per heavy atom. The smallest absolute Gasteiger partial charge is 0.267 e. The number of amides is 1. The lowest BCUT2D eigenvalue weighted by atomic mass is 10.3. The number of carbonyl (C=O) groups excluding carboxylic acids is 1. The summed E-state index contributed by atoms with van der Waals surface area (Å²) in [6.07, 6.45) is 4.07. The van der Waals surface area contributed by atoms with Crippen LogP contribution in [0.1, 0.15) is 0 Å². The van der Waals surface area contributed by atoms with Crippen molar-refractivity contribution >= 4 is 28.5 Å². The number of rotatable bonds is 4. The molecule has 0 unspecified atom stereocenters. The van der Waals surface area contributed by atoms with Gasteiger partial charge in [-0.3, -0.25) is 10.2 Å². The number of aromatic nitrogens is 2. The summed E-state index contributed by atoms with van der Waals surface area (Å²) in [6.45, 7) is 0. The van der Waals surface area contributed by atoms with Gasteiger partial charge in [0.15, 0.2) is 0 Å². The Bertz CT molecular complexity index is 417. The first-order valence-electron chi connectivity index (χ1n) is 4.34. The molecule has 7 heteroatoms. The van der Waals surface area contributed by atoms with E-state index in [9.17, 15) is 4.79 Å². The average molecular weight is 240 g/mol. The second kappa shape index (κ2) is 5.82. The molecular formula is C9H10ClN5O. The van der Waals surface area contributed by atoms with E-state index in [-0.39, 0.29) is 16.8 Å². The molecule has 0 saturated heterocycles. The topological polar surface area (TPSA) is 90.8 Å². The molecule has 6 nitrogen and oxygen atoms in total. The summed E-state index contributed by atoms with van der Waals surface area (Å²) in [5.74, 6) is 0.0618. The monoisotopic (exact) mass is 239 g/mol. The van der Waals surface area contributed by atoms with Gasteiger partial charge in [-0.05, 0) is 6.07 Å². The summed E-state index contributed by atoms with van der Waals surface area (Å²) in [4.78, 5) is 19.0. The Labute approximate surface area is 97.3 Å². The van der Waals surface area contributed by atoms with Gasteiger partial charge in [0.05, 0.1) is 0 Å². The van der Waals surface area contributed by atoms with Crippen LogP contribution in [0.3, 0.4) is 0 Å². The second-order valence-corrected chi connectivity index (χ2v) is 3.11.